The Kier molecular flexibility index (Phi) is 8.57. The van der Waals surface area contributed by atoms with Gasteiger partial charge < -0.3 is 24.1 Å². The molecule has 0 saturated carbocycles. The van der Waals surface area contributed by atoms with Crippen LogP contribution < -0.4 is 23.8 Å². The predicted molar refractivity (Wildman–Crippen MR) is 150 cm³/mol. The molecule has 1 unspecified atom stereocenters. The number of nitrogens with zero attached hydrogens (tertiary/aromatic N) is 1. The number of hydrogen-bond acceptors (Lipinski definition) is 7. The van der Waals surface area contributed by atoms with Gasteiger partial charge in [-0.15, -0.1) is 0 Å². The molecule has 1 heterocycles. The quantitative estimate of drug-likeness (QED) is 0.179. The molecule has 1 amide bonds. The number of methoxy groups -OCH3 is 3. The second-order valence-corrected chi connectivity index (χ2v) is 9.36. The van der Waals surface area contributed by atoms with Gasteiger partial charge in [-0.1, -0.05) is 48.3 Å². The average Bonchev–Trinajstić information content (AvgIpc) is 3.21. The van der Waals surface area contributed by atoms with Crippen LogP contribution in [0.15, 0.2) is 60.2 Å². The summed E-state index contributed by atoms with van der Waals surface area (Å²) in [5.41, 5.74) is 0.835. The number of ketones is 1. The highest BCUT2D eigenvalue weighted by Crippen LogP contribution is 2.48. The summed E-state index contributed by atoms with van der Waals surface area (Å²) in [5.74, 6) is -0.921. The number of Topliss-reactive ketones (excluding diaryl/α,β-unsaturated/α-hetero) is 1. The molecule has 0 aliphatic carbocycles. The summed E-state index contributed by atoms with van der Waals surface area (Å²) in [6, 6.07) is 14.1. The maximum atomic E-state index is 13.5. The van der Waals surface area contributed by atoms with E-state index in [0.717, 1.165) is 6.42 Å². The minimum Gasteiger partial charge on any atom is -0.507 e. The van der Waals surface area contributed by atoms with E-state index in [1.54, 1.807) is 48.5 Å². The fourth-order valence-electron chi connectivity index (χ4n) is 4.43. The number of hydrogen-bond donors (Lipinski definition) is 1. The topological polar surface area (TPSA) is 94.5 Å². The van der Waals surface area contributed by atoms with E-state index in [0.29, 0.717) is 29.4 Å². The lowest BCUT2D eigenvalue weighted by Gasteiger charge is -2.26. The second kappa shape index (κ2) is 11.9. The van der Waals surface area contributed by atoms with Crippen LogP contribution in [0.3, 0.4) is 0 Å². The van der Waals surface area contributed by atoms with E-state index in [1.807, 2.05) is 6.92 Å². The molecule has 4 rings (SSSR count). The Bertz CT molecular complexity index is 1440. The fourth-order valence-corrected chi connectivity index (χ4v) is 5.12. The lowest BCUT2D eigenvalue weighted by molar-refractivity contribution is -0.132. The number of benzene rings is 3. The summed E-state index contributed by atoms with van der Waals surface area (Å²) in [7, 11) is 4.25. The molecular formula is C29H27Cl2NO7. The molecule has 0 radical (unpaired) electrons. The molecule has 1 fully saturated rings. The van der Waals surface area contributed by atoms with Gasteiger partial charge >= 0.3 is 0 Å². The zero-order valence-corrected chi connectivity index (χ0v) is 23.3. The van der Waals surface area contributed by atoms with Crippen molar-refractivity contribution >= 4 is 46.3 Å². The number of ether oxygens (including phenoxy) is 4. The molecule has 10 heteroatoms. The van der Waals surface area contributed by atoms with Crippen LogP contribution in [-0.2, 0) is 9.59 Å². The largest absolute Gasteiger partial charge is 0.507 e. The van der Waals surface area contributed by atoms with Gasteiger partial charge in [-0.2, -0.15) is 0 Å². The van der Waals surface area contributed by atoms with E-state index >= 15 is 0 Å². The van der Waals surface area contributed by atoms with Crippen LogP contribution in [0, 0.1) is 0 Å². The summed E-state index contributed by atoms with van der Waals surface area (Å²) in [6.45, 7) is 2.54. The van der Waals surface area contributed by atoms with Crippen molar-refractivity contribution in [2.75, 3.05) is 32.8 Å². The molecule has 8 nitrogen and oxygen atoms in total. The van der Waals surface area contributed by atoms with E-state index in [1.165, 1.54) is 32.3 Å². The van der Waals surface area contributed by atoms with Crippen molar-refractivity contribution in [3.8, 4) is 23.0 Å². The highest BCUT2D eigenvalue weighted by atomic mass is 35.5. The molecule has 1 aliphatic rings. The highest BCUT2D eigenvalue weighted by molar-refractivity contribution is 6.52. The van der Waals surface area contributed by atoms with Crippen LogP contribution in [0.1, 0.15) is 30.5 Å². The second-order valence-electron chi connectivity index (χ2n) is 8.57. The third-order valence-electron chi connectivity index (χ3n) is 6.24. The van der Waals surface area contributed by atoms with E-state index in [2.05, 4.69) is 0 Å². The normalized spacial score (nSPS) is 16.4. The maximum Gasteiger partial charge on any atom is 0.300 e. The Hall–Kier alpha value is -3.88. The van der Waals surface area contributed by atoms with Crippen LogP contribution in [0.2, 0.25) is 10.0 Å². The van der Waals surface area contributed by atoms with Crippen molar-refractivity contribution in [3.05, 3.63) is 81.3 Å². The third-order valence-corrected chi connectivity index (χ3v) is 6.86. The SMILES string of the molecule is CCCOc1ccc(C2/C(=C(\O)c3cc(Cl)c(OC)c(Cl)c3OC)C(=O)C(=O)N2c2cccc(OC)c2)cc1. The third kappa shape index (κ3) is 5.22. The summed E-state index contributed by atoms with van der Waals surface area (Å²) in [5, 5.41) is 11.7. The number of amides is 1. The van der Waals surface area contributed by atoms with Crippen molar-refractivity contribution in [2.45, 2.75) is 19.4 Å². The molecule has 0 bridgehead atoms. The minimum atomic E-state index is -0.998. The van der Waals surface area contributed by atoms with Crippen molar-refractivity contribution in [3.63, 3.8) is 0 Å². The van der Waals surface area contributed by atoms with Crippen LogP contribution in [0.5, 0.6) is 23.0 Å². The number of aliphatic hydroxyl groups excluding tert-OH is 1. The molecule has 1 atom stereocenters. The molecule has 0 spiro atoms. The van der Waals surface area contributed by atoms with Gasteiger partial charge in [-0.25, -0.2) is 0 Å². The zero-order valence-electron chi connectivity index (χ0n) is 21.8. The van der Waals surface area contributed by atoms with Gasteiger partial charge in [-0.3, -0.25) is 14.5 Å². The van der Waals surface area contributed by atoms with Crippen molar-refractivity contribution in [2.24, 2.45) is 0 Å². The number of anilines is 1. The maximum absolute atomic E-state index is 13.5. The van der Waals surface area contributed by atoms with Crippen LogP contribution in [0.25, 0.3) is 5.76 Å². The summed E-state index contributed by atoms with van der Waals surface area (Å²) in [6.07, 6.45) is 0.840. The lowest BCUT2D eigenvalue weighted by atomic mass is 9.94. The summed E-state index contributed by atoms with van der Waals surface area (Å²) < 4.78 is 21.7. The molecule has 39 heavy (non-hydrogen) atoms. The number of carbonyl (C=O) groups is 2. The highest BCUT2D eigenvalue weighted by Gasteiger charge is 2.47. The van der Waals surface area contributed by atoms with Gasteiger partial charge in [0.1, 0.15) is 22.3 Å². The van der Waals surface area contributed by atoms with Gasteiger partial charge in [0.05, 0.1) is 50.1 Å². The number of carbonyl (C=O) groups excluding carboxylic acids is 2. The minimum absolute atomic E-state index is 0.00468. The van der Waals surface area contributed by atoms with Gasteiger partial charge in [0.2, 0.25) is 0 Å². The monoisotopic (exact) mass is 571 g/mol. The van der Waals surface area contributed by atoms with Crippen LogP contribution in [-0.4, -0.2) is 44.7 Å². The molecule has 1 saturated heterocycles. The average molecular weight is 572 g/mol. The summed E-state index contributed by atoms with van der Waals surface area (Å²) in [4.78, 5) is 28.4. The Morgan fingerprint density at radius 1 is 0.923 bits per heavy atom. The van der Waals surface area contributed by atoms with Gasteiger partial charge in [0.25, 0.3) is 11.7 Å². The van der Waals surface area contributed by atoms with Crippen molar-refractivity contribution < 1.29 is 33.6 Å². The predicted octanol–water partition coefficient (Wildman–Crippen LogP) is 6.43. The Labute approximate surface area is 236 Å². The molecule has 1 aliphatic heterocycles. The first-order valence-corrected chi connectivity index (χ1v) is 12.8. The Morgan fingerprint density at radius 3 is 2.23 bits per heavy atom. The molecular weight excluding hydrogens is 545 g/mol. The van der Waals surface area contributed by atoms with E-state index in [-0.39, 0.29) is 32.7 Å². The first-order valence-electron chi connectivity index (χ1n) is 12.0. The Morgan fingerprint density at radius 2 is 1.62 bits per heavy atom. The lowest BCUT2D eigenvalue weighted by Crippen LogP contribution is -2.29. The standard InChI is InChI=1S/C29H27Cl2NO7/c1-5-13-39-18-11-9-16(10-12-18)24-22(25(33)20-15-21(30)28(38-4)23(31)27(20)37-3)26(34)29(35)32(24)17-7-6-8-19(14-17)36-2/h6-12,14-15,24,33H,5,13H2,1-4H3/b25-22+. The number of rotatable bonds is 9. The smallest absolute Gasteiger partial charge is 0.300 e. The molecule has 204 valence electrons. The van der Waals surface area contributed by atoms with Crippen LogP contribution >= 0.6 is 23.2 Å². The molecule has 0 aromatic heterocycles. The molecule has 1 N–H and O–H groups in total. The molecule has 3 aromatic carbocycles. The number of aliphatic hydroxyl groups is 1. The first kappa shape index (κ1) is 28.1. The number of halogens is 2. The van der Waals surface area contributed by atoms with Gasteiger partial charge in [-0.05, 0) is 42.3 Å². The van der Waals surface area contributed by atoms with Crippen molar-refractivity contribution in [1.82, 2.24) is 0 Å². The molecule has 3 aromatic rings. The summed E-state index contributed by atoms with van der Waals surface area (Å²) >= 11 is 12.8. The first-order chi connectivity index (χ1) is 18.8. The van der Waals surface area contributed by atoms with E-state index in [9.17, 15) is 14.7 Å². The van der Waals surface area contributed by atoms with Gasteiger partial charge in [0.15, 0.2) is 11.5 Å². The van der Waals surface area contributed by atoms with Crippen LogP contribution in [0.4, 0.5) is 5.69 Å². The van der Waals surface area contributed by atoms with Crippen molar-refractivity contribution in [1.29, 1.82) is 0 Å². The zero-order chi connectivity index (χ0) is 28.3. The van der Waals surface area contributed by atoms with E-state index < -0.39 is 23.5 Å². The van der Waals surface area contributed by atoms with Gasteiger partial charge in [0, 0.05) is 11.8 Å². The fraction of sp³-hybridized carbons (Fsp3) is 0.241. The van der Waals surface area contributed by atoms with E-state index in [4.69, 9.17) is 42.1 Å². The Balaban J connectivity index is 1.96.